The topological polar surface area (TPSA) is 105 Å². The summed E-state index contributed by atoms with van der Waals surface area (Å²) in [6.07, 6.45) is 2.67. The molecule has 0 fully saturated rings. The van der Waals surface area contributed by atoms with Crippen LogP contribution in [0.15, 0.2) is 4.79 Å². The summed E-state index contributed by atoms with van der Waals surface area (Å²) in [5, 5.41) is 3.29. The molecule has 2 aromatic heterocycles. The molecule has 0 bridgehead atoms. The highest BCUT2D eigenvalue weighted by molar-refractivity contribution is 7.17. The second-order valence-electron chi connectivity index (χ2n) is 7.80. The van der Waals surface area contributed by atoms with E-state index in [0.717, 1.165) is 41.0 Å². The van der Waals surface area contributed by atoms with Gasteiger partial charge in [-0.1, -0.05) is 32.1 Å². The van der Waals surface area contributed by atoms with Crippen molar-refractivity contribution in [3.05, 3.63) is 36.2 Å². The molecule has 0 aliphatic heterocycles. The first-order valence-electron chi connectivity index (χ1n) is 8.53. The second-order valence-corrected chi connectivity index (χ2v) is 9.89. The van der Waals surface area contributed by atoms with Crippen LogP contribution in [-0.4, -0.2) is 16.8 Å². The van der Waals surface area contributed by atoms with E-state index in [0.29, 0.717) is 27.1 Å². The number of thiophene rings is 1. The molecule has 26 heavy (non-hydrogen) atoms. The van der Waals surface area contributed by atoms with Crippen LogP contribution in [0.2, 0.25) is 0 Å². The highest BCUT2D eigenvalue weighted by Gasteiger charge is 2.33. The molecule has 1 aliphatic carbocycles. The Morgan fingerprint density at radius 1 is 1.27 bits per heavy atom. The zero-order chi connectivity index (χ0) is 19.2. The number of hydrogen-bond acceptors (Lipinski definition) is 5. The van der Waals surface area contributed by atoms with Crippen molar-refractivity contribution in [3.8, 4) is 0 Å². The number of hydrogen-bond donors (Lipinski definition) is 3. The van der Waals surface area contributed by atoms with Crippen LogP contribution in [-0.2, 0) is 12.8 Å². The molecule has 2 aromatic rings. The van der Waals surface area contributed by atoms with Crippen LogP contribution in [0.5, 0.6) is 0 Å². The molecule has 2 heterocycles. The Kier molecular flexibility index (Phi) is 4.83. The van der Waals surface area contributed by atoms with Crippen LogP contribution in [0.1, 0.15) is 63.4 Å². The number of anilines is 1. The zero-order valence-electron chi connectivity index (χ0n) is 15.3. The summed E-state index contributed by atoms with van der Waals surface area (Å²) in [6, 6.07) is 0. The number of primary amides is 1. The van der Waals surface area contributed by atoms with Crippen LogP contribution in [0.4, 0.5) is 5.00 Å². The summed E-state index contributed by atoms with van der Waals surface area (Å²) in [4.78, 5) is 39.8. The van der Waals surface area contributed by atoms with Gasteiger partial charge in [-0.05, 0) is 43.1 Å². The summed E-state index contributed by atoms with van der Waals surface area (Å²) < 4.78 is 0. The molecular weight excluding hydrogens is 370 g/mol. The number of aryl methyl sites for hydroxylation is 1. The molecule has 1 atom stereocenters. The van der Waals surface area contributed by atoms with Crippen molar-refractivity contribution in [1.29, 1.82) is 0 Å². The molecule has 1 aliphatic rings. The SMILES string of the molecule is Cc1[nH]c(=O)sc1C(=O)Nc1sc2c(c1C(N)=O)CCC(C(C)(C)C)C2. The van der Waals surface area contributed by atoms with E-state index in [2.05, 4.69) is 31.1 Å². The van der Waals surface area contributed by atoms with Gasteiger partial charge in [-0.3, -0.25) is 14.4 Å². The van der Waals surface area contributed by atoms with Crippen molar-refractivity contribution in [3.63, 3.8) is 0 Å². The number of amides is 2. The summed E-state index contributed by atoms with van der Waals surface area (Å²) in [7, 11) is 0. The Morgan fingerprint density at radius 3 is 2.50 bits per heavy atom. The predicted octanol–water partition coefficient (Wildman–Crippen LogP) is 3.31. The maximum Gasteiger partial charge on any atom is 0.305 e. The highest BCUT2D eigenvalue weighted by Crippen LogP contribution is 2.44. The lowest BCUT2D eigenvalue weighted by Gasteiger charge is -2.33. The van der Waals surface area contributed by atoms with E-state index < -0.39 is 5.91 Å². The fourth-order valence-electron chi connectivity index (χ4n) is 3.45. The molecule has 0 radical (unpaired) electrons. The number of aromatic nitrogens is 1. The Morgan fingerprint density at radius 2 is 1.96 bits per heavy atom. The van der Waals surface area contributed by atoms with E-state index >= 15 is 0 Å². The summed E-state index contributed by atoms with van der Waals surface area (Å²) in [6.45, 7) is 8.36. The maximum atomic E-state index is 12.6. The number of fused-ring (bicyclic) bond motifs is 1. The van der Waals surface area contributed by atoms with Crippen LogP contribution in [0.3, 0.4) is 0 Å². The summed E-state index contributed by atoms with van der Waals surface area (Å²) in [5.74, 6) is -0.389. The Bertz CT molecular complexity index is 931. The summed E-state index contributed by atoms with van der Waals surface area (Å²) >= 11 is 2.29. The lowest BCUT2D eigenvalue weighted by atomic mass is 9.72. The van der Waals surface area contributed by atoms with Gasteiger partial charge in [-0.15, -0.1) is 11.3 Å². The molecule has 0 aromatic carbocycles. The molecule has 0 saturated heterocycles. The molecule has 3 rings (SSSR count). The number of aromatic amines is 1. The van der Waals surface area contributed by atoms with E-state index in [9.17, 15) is 14.4 Å². The third-order valence-corrected chi connectivity index (χ3v) is 7.15. The van der Waals surface area contributed by atoms with Gasteiger partial charge in [0.05, 0.1) is 5.56 Å². The Balaban J connectivity index is 1.94. The Hall–Kier alpha value is -1.93. The third-order valence-electron chi connectivity index (χ3n) is 4.99. The van der Waals surface area contributed by atoms with E-state index in [-0.39, 0.29) is 16.2 Å². The molecule has 0 saturated carbocycles. The van der Waals surface area contributed by atoms with Crippen molar-refractivity contribution in [2.75, 3.05) is 5.32 Å². The molecule has 140 valence electrons. The number of carbonyl (C=O) groups is 2. The number of carbonyl (C=O) groups excluding carboxylic acids is 2. The number of rotatable bonds is 3. The van der Waals surface area contributed by atoms with Crippen molar-refractivity contribution in [1.82, 2.24) is 4.98 Å². The number of nitrogens with two attached hydrogens (primary N) is 1. The van der Waals surface area contributed by atoms with E-state index in [1.165, 1.54) is 11.3 Å². The van der Waals surface area contributed by atoms with E-state index in [1.54, 1.807) is 6.92 Å². The molecule has 4 N–H and O–H groups in total. The van der Waals surface area contributed by atoms with Gasteiger partial charge >= 0.3 is 4.87 Å². The quantitative estimate of drug-likeness (QED) is 0.745. The molecule has 0 spiro atoms. The van der Waals surface area contributed by atoms with Gasteiger partial charge < -0.3 is 16.0 Å². The largest absolute Gasteiger partial charge is 0.365 e. The zero-order valence-corrected chi connectivity index (χ0v) is 17.0. The smallest absolute Gasteiger partial charge is 0.305 e. The first-order valence-corrected chi connectivity index (χ1v) is 10.2. The maximum absolute atomic E-state index is 12.6. The van der Waals surface area contributed by atoms with Crippen LogP contribution in [0, 0.1) is 18.3 Å². The van der Waals surface area contributed by atoms with Gasteiger partial charge in [0, 0.05) is 10.6 Å². The van der Waals surface area contributed by atoms with Crippen molar-refractivity contribution >= 4 is 39.5 Å². The van der Waals surface area contributed by atoms with Crippen molar-refractivity contribution in [2.24, 2.45) is 17.1 Å². The van der Waals surface area contributed by atoms with Gasteiger partial charge in [0.2, 0.25) is 0 Å². The average molecular weight is 394 g/mol. The van der Waals surface area contributed by atoms with E-state index in [1.807, 2.05) is 0 Å². The minimum absolute atomic E-state index is 0.187. The third kappa shape index (κ3) is 3.48. The highest BCUT2D eigenvalue weighted by atomic mass is 32.1. The molecular formula is C18H23N3O3S2. The van der Waals surface area contributed by atoms with Crippen molar-refractivity contribution in [2.45, 2.75) is 47.0 Å². The lowest BCUT2D eigenvalue weighted by Crippen LogP contribution is -2.27. The van der Waals surface area contributed by atoms with Gasteiger partial charge in [-0.2, -0.15) is 0 Å². The van der Waals surface area contributed by atoms with Gasteiger partial charge in [-0.25, -0.2) is 0 Å². The second kappa shape index (κ2) is 6.66. The lowest BCUT2D eigenvalue weighted by molar-refractivity contribution is 0.1000. The monoisotopic (exact) mass is 393 g/mol. The van der Waals surface area contributed by atoms with Gasteiger partial charge in [0.1, 0.15) is 9.88 Å². The van der Waals surface area contributed by atoms with Crippen LogP contribution < -0.4 is 15.9 Å². The minimum atomic E-state index is -0.522. The van der Waals surface area contributed by atoms with Crippen LogP contribution in [0.25, 0.3) is 0 Å². The van der Waals surface area contributed by atoms with E-state index in [4.69, 9.17) is 5.73 Å². The first kappa shape index (κ1) is 18.8. The number of nitrogens with one attached hydrogen (secondary N) is 2. The normalized spacial score (nSPS) is 17.0. The summed E-state index contributed by atoms with van der Waals surface area (Å²) in [5.41, 5.74) is 7.71. The van der Waals surface area contributed by atoms with Gasteiger partial charge in [0.15, 0.2) is 0 Å². The fourth-order valence-corrected chi connectivity index (χ4v) is 5.52. The van der Waals surface area contributed by atoms with Crippen molar-refractivity contribution < 1.29 is 9.59 Å². The Labute approximate surface area is 159 Å². The standard InChI is InChI=1S/C18H23N3O3S2/c1-8-13(26-17(24)20-8)15(23)21-16-12(14(19)22)10-6-5-9(18(2,3)4)7-11(10)25-16/h9H,5-7H2,1-4H3,(H2,19,22)(H,20,24)(H,21,23). The minimum Gasteiger partial charge on any atom is -0.365 e. The molecule has 2 amide bonds. The molecule has 8 heteroatoms. The van der Waals surface area contributed by atoms with Gasteiger partial charge in [0.25, 0.3) is 11.8 Å². The molecule has 6 nitrogen and oxygen atoms in total. The first-order chi connectivity index (χ1) is 12.1. The average Bonchev–Trinajstić information content (AvgIpc) is 3.04. The predicted molar refractivity (Wildman–Crippen MR) is 105 cm³/mol. The number of thiazole rings is 1. The molecule has 1 unspecified atom stereocenters. The number of H-pyrrole nitrogens is 1. The fraction of sp³-hybridized carbons (Fsp3) is 0.500. The van der Waals surface area contributed by atoms with Crippen LogP contribution >= 0.6 is 22.7 Å².